The molecule has 1 aliphatic heterocycles. The van der Waals surface area contributed by atoms with Crippen LogP contribution in [0.2, 0.25) is 0 Å². The summed E-state index contributed by atoms with van der Waals surface area (Å²) in [7, 11) is 1.24. The molecule has 0 aliphatic carbocycles. The van der Waals surface area contributed by atoms with Crippen LogP contribution in [0, 0.1) is 23.7 Å². The second kappa shape index (κ2) is 8.65. The molecule has 0 bridgehead atoms. The summed E-state index contributed by atoms with van der Waals surface area (Å²) in [5.41, 5.74) is 0. The van der Waals surface area contributed by atoms with Gasteiger partial charge in [-0.2, -0.15) is 0 Å². The summed E-state index contributed by atoms with van der Waals surface area (Å²) >= 11 is 0. The van der Waals surface area contributed by atoms with Gasteiger partial charge >= 0.3 is 23.7 Å². The maximum Gasteiger partial charge on any atom is 0.379 e. The van der Waals surface area contributed by atoms with Crippen LogP contribution in [-0.2, 0) is 33.3 Å². The minimum absolute atomic E-state index is 0.00863. The van der Waals surface area contributed by atoms with E-state index in [1.54, 1.807) is 0 Å². The first-order valence-electron chi connectivity index (χ1n) is 8.63. The lowest BCUT2D eigenvalue weighted by Crippen LogP contribution is -2.57. The molecular weight excluding hydrogens is 328 g/mol. The van der Waals surface area contributed by atoms with Crippen LogP contribution in [0.4, 0.5) is 0 Å². The van der Waals surface area contributed by atoms with Crippen LogP contribution in [0.3, 0.4) is 0 Å². The van der Waals surface area contributed by atoms with Crippen LogP contribution in [0.5, 0.6) is 0 Å². The smallest absolute Gasteiger partial charge is 0.379 e. The highest BCUT2D eigenvalue weighted by atomic mass is 16.7. The lowest BCUT2D eigenvalue weighted by Gasteiger charge is -2.47. The molecule has 7 nitrogen and oxygen atoms in total. The average molecular weight is 358 g/mol. The van der Waals surface area contributed by atoms with E-state index in [1.807, 2.05) is 27.7 Å². The Kier molecular flexibility index (Phi) is 7.41. The van der Waals surface area contributed by atoms with Gasteiger partial charge in [-0.25, -0.2) is 4.79 Å². The zero-order chi connectivity index (χ0) is 19.4. The van der Waals surface area contributed by atoms with E-state index >= 15 is 0 Å². The molecule has 1 fully saturated rings. The van der Waals surface area contributed by atoms with Gasteiger partial charge in [0.2, 0.25) is 0 Å². The quantitative estimate of drug-likeness (QED) is 0.532. The summed E-state index contributed by atoms with van der Waals surface area (Å²) in [6.45, 7) is 10.8. The number of hydrogen-bond donors (Lipinski definition) is 0. The summed E-state index contributed by atoms with van der Waals surface area (Å²) in [4.78, 5) is 34.9. The zero-order valence-electron chi connectivity index (χ0n) is 16.2. The van der Waals surface area contributed by atoms with Crippen molar-refractivity contribution in [1.82, 2.24) is 0 Å². The average Bonchev–Trinajstić information content (AvgIpc) is 2.53. The Labute approximate surface area is 149 Å². The molecular formula is C18H30O7. The molecule has 0 aromatic rings. The third kappa shape index (κ3) is 5.17. The van der Waals surface area contributed by atoms with Crippen molar-refractivity contribution in [2.45, 2.75) is 59.9 Å². The minimum Gasteiger partial charge on any atom is -0.466 e. The number of carbonyl (C=O) groups is 3. The maximum absolute atomic E-state index is 12.3. The first-order chi connectivity index (χ1) is 11.5. The van der Waals surface area contributed by atoms with E-state index in [4.69, 9.17) is 18.9 Å². The summed E-state index contributed by atoms with van der Waals surface area (Å²) < 4.78 is 21.3. The number of hydrogen-bond acceptors (Lipinski definition) is 7. The maximum atomic E-state index is 12.3. The second-order valence-corrected chi connectivity index (χ2v) is 7.10. The highest BCUT2D eigenvalue weighted by Crippen LogP contribution is 2.42. The van der Waals surface area contributed by atoms with Crippen LogP contribution >= 0.6 is 0 Å². The fourth-order valence-electron chi connectivity index (χ4n) is 3.25. The molecule has 1 heterocycles. The van der Waals surface area contributed by atoms with Crippen molar-refractivity contribution < 1.29 is 33.3 Å². The van der Waals surface area contributed by atoms with Crippen molar-refractivity contribution in [1.29, 1.82) is 0 Å². The third-order valence-corrected chi connectivity index (χ3v) is 5.10. The molecule has 7 heteroatoms. The zero-order valence-corrected chi connectivity index (χ0v) is 16.2. The van der Waals surface area contributed by atoms with Crippen molar-refractivity contribution in [3.8, 4) is 0 Å². The number of esters is 3. The minimum atomic E-state index is -1.73. The van der Waals surface area contributed by atoms with Crippen molar-refractivity contribution in [3.05, 3.63) is 0 Å². The molecule has 1 saturated heterocycles. The normalized spacial score (nSPS) is 31.6. The lowest BCUT2D eigenvalue weighted by molar-refractivity contribution is -0.293. The molecule has 144 valence electrons. The van der Waals surface area contributed by atoms with Gasteiger partial charge in [-0.3, -0.25) is 9.59 Å². The molecule has 6 atom stereocenters. The molecule has 0 amide bonds. The van der Waals surface area contributed by atoms with E-state index in [-0.39, 0.29) is 48.8 Å². The van der Waals surface area contributed by atoms with Gasteiger partial charge in [0, 0.05) is 20.3 Å². The van der Waals surface area contributed by atoms with Gasteiger partial charge in [0.25, 0.3) is 0 Å². The van der Waals surface area contributed by atoms with Gasteiger partial charge < -0.3 is 18.9 Å². The second-order valence-electron chi connectivity index (χ2n) is 7.10. The number of methoxy groups -OCH3 is 1. The van der Waals surface area contributed by atoms with Crippen molar-refractivity contribution in [2.75, 3.05) is 13.7 Å². The molecule has 0 spiro atoms. The Balaban J connectivity index is 3.06. The molecule has 0 N–H and O–H groups in total. The third-order valence-electron chi connectivity index (χ3n) is 5.10. The standard InChI is InChI=1S/C18H30O7/c1-10-8-18(17(21)22-7,24-15(6)20)25-16(12(10)3)13(4)11(2)9-23-14(5)19/h10-13,16H,8-9H2,1-7H3/t10-,11+,12+,13+,16+,18-/m0/s1. The van der Waals surface area contributed by atoms with E-state index in [1.165, 1.54) is 21.0 Å². The highest BCUT2D eigenvalue weighted by Gasteiger charge is 2.54. The largest absolute Gasteiger partial charge is 0.466 e. The molecule has 0 saturated carbocycles. The molecule has 0 aromatic heterocycles. The van der Waals surface area contributed by atoms with E-state index in [0.29, 0.717) is 0 Å². The van der Waals surface area contributed by atoms with Crippen molar-refractivity contribution >= 4 is 17.9 Å². The molecule has 1 aliphatic rings. The van der Waals surface area contributed by atoms with Crippen molar-refractivity contribution in [2.24, 2.45) is 23.7 Å². The van der Waals surface area contributed by atoms with Gasteiger partial charge in [-0.15, -0.1) is 0 Å². The summed E-state index contributed by atoms with van der Waals surface area (Å²) in [6, 6.07) is 0. The van der Waals surface area contributed by atoms with Crippen LogP contribution in [-0.4, -0.2) is 43.5 Å². The number of ether oxygens (including phenoxy) is 4. The number of carbonyl (C=O) groups excluding carboxylic acids is 3. The predicted molar refractivity (Wildman–Crippen MR) is 89.3 cm³/mol. The Morgan fingerprint density at radius 2 is 1.76 bits per heavy atom. The summed E-state index contributed by atoms with van der Waals surface area (Å²) in [6.07, 6.45) is -0.116. The molecule has 0 aromatic carbocycles. The number of rotatable bonds is 6. The van der Waals surface area contributed by atoms with Crippen LogP contribution in [0.1, 0.15) is 48.0 Å². The fraction of sp³-hybridized carbons (Fsp3) is 0.833. The Morgan fingerprint density at radius 1 is 1.16 bits per heavy atom. The van der Waals surface area contributed by atoms with Gasteiger partial charge in [-0.1, -0.05) is 27.7 Å². The van der Waals surface area contributed by atoms with Gasteiger partial charge in [-0.05, 0) is 23.7 Å². The first kappa shape index (κ1) is 21.4. The van der Waals surface area contributed by atoms with Crippen LogP contribution in [0.25, 0.3) is 0 Å². The van der Waals surface area contributed by atoms with E-state index in [0.717, 1.165) is 0 Å². The Bertz CT molecular complexity index is 504. The van der Waals surface area contributed by atoms with E-state index in [2.05, 4.69) is 0 Å². The predicted octanol–water partition coefficient (Wildman–Crippen LogP) is 2.32. The molecule has 0 unspecified atom stereocenters. The topological polar surface area (TPSA) is 88.1 Å². The van der Waals surface area contributed by atoms with Crippen LogP contribution in [0.15, 0.2) is 0 Å². The van der Waals surface area contributed by atoms with Gasteiger partial charge in [0.05, 0.1) is 19.8 Å². The monoisotopic (exact) mass is 358 g/mol. The molecule has 25 heavy (non-hydrogen) atoms. The highest BCUT2D eigenvalue weighted by molar-refractivity contribution is 5.81. The SMILES string of the molecule is COC(=O)[C@]1(OC(C)=O)C[C@H](C)[C@@H](C)[C@H]([C@H](C)[C@H](C)COC(C)=O)O1. The fourth-order valence-corrected chi connectivity index (χ4v) is 3.25. The molecule has 1 rings (SSSR count). The summed E-state index contributed by atoms with van der Waals surface area (Å²) in [5, 5.41) is 0. The Morgan fingerprint density at radius 3 is 2.24 bits per heavy atom. The Hall–Kier alpha value is -1.63. The van der Waals surface area contributed by atoms with Crippen molar-refractivity contribution in [3.63, 3.8) is 0 Å². The van der Waals surface area contributed by atoms with E-state index in [9.17, 15) is 14.4 Å². The van der Waals surface area contributed by atoms with E-state index < -0.39 is 17.7 Å². The lowest BCUT2D eigenvalue weighted by atomic mass is 9.75. The van der Waals surface area contributed by atoms with Gasteiger partial charge in [0.15, 0.2) is 0 Å². The first-order valence-corrected chi connectivity index (χ1v) is 8.63. The van der Waals surface area contributed by atoms with Crippen LogP contribution < -0.4 is 0 Å². The molecule has 0 radical (unpaired) electrons. The van der Waals surface area contributed by atoms with Gasteiger partial charge in [0.1, 0.15) is 0 Å². The summed E-state index contributed by atoms with van der Waals surface area (Å²) in [5.74, 6) is -3.21.